The number of methoxy groups -OCH3 is 1. The summed E-state index contributed by atoms with van der Waals surface area (Å²) in [4.78, 5) is 9.65. The predicted octanol–water partition coefficient (Wildman–Crippen LogP) is 7.40. The summed E-state index contributed by atoms with van der Waals surface area (Å²) in [5.41, 5.74) is 4.21. The molecule has 6 rings (SSSR count). The lowest BCUT2D eigenvalue weighted by molar-refractivity contribution is 0.417. The Kier molecular flexibility index (Phi) is 4.04. The third-order valence-corrected chi connectivity index (χ3v) is 7.38. The van der Waals surface area contributed by atoms with Crippen LogP contribution in [0.1, 0.15) is 0 Å². The van der Waals surface area contributed by atoms with Gasteiger partial charge in [-0.2, -0.15) is 0 Å². The highest BCUT2D eigenvalue weighted by Gasteiger charge is 2.14. The largest absolute Gasteiger partial charge is 0.496 e. The van der Waals surface area contributed by atoms with Gasteiger partial charge in [0.2, 0.25) is 0 Å². The summed E-state index contributed by atoms with van der Waals surface area (Å²) < 4.78 is 8.10. The number of thiazole rings is 2. The summed E-state index contributed by atoms with van der Waals surface area (Å²) in [6, 6.07) is 27.3. The lowest BCUT2D eigenvalue weighted by Gasteiger charge is -2.09. The summed E-state index contributed by atoms with van der Waals surface area (Å²) in [7, 11) is 1.72. The van der Waals surface area contributed by atoms with Crippen LogP contribution in [0.5, 0.6) is 5.75 Å². The molecule has 0 atom stereocenters. The Bertz CT molecular complexity index is 1480. The zero-order valence-corrected chi connectivity index (χ0v) is 17.8. The minimum atomic E-state index is 0.842. The summed E-state index contributed by atoms with van der Waals surface area (Å²) in [6.07, 6.45) is 0. The Morgan fingerprint density at radius 1 is 0.667 bits per heavy atom. The standard InChI is InChI=1S/C25H16N2OS2/c1-28-21-14-15-10-11-16(24-26-19-6-2-4-8-22(19)29-24)12-17(15)13-18(21)25-27-20-7-3-5-9-23(20)30-25/h2-14H,1H3. The molecule has 0 bridgehead atoms. The van der Waals surface area contributed by atoms with E-state index in [1.54, 1.807) is 29.8 Å². The third-order valence-electron chi connectivity index (χ3n) is 5.22. The molecule has 0 spiro atoms. The fraction of sp³-hybridized carbons (Fsp3) is 0.0400. The first-order chi connectivity index (χ1) is 14.8. The fourth-order valence-electron chi connectivity index (χ4n) is 3.73. The van der Waals surface area contributed by atoms with Crippen LogP contribution in [-0.2, 0) is 0 Å². The Balaban J connectivity index is 1.52. The van der Waals surface area contributed by atoms with E-state index in [0.717, 1.165) is 48.7 Å². The van der Waals surface area contributed by atoms with Gasteiger partial charge in [0.05, 0.1) is 33.1 Å². The maximum absolute atomic E-state index is 5.72. The Hall–Kier alpha value is -3.28. The fourth-order valence-corrected chi connectivity index (χ4v) is 5.68. The average Bonchev–Trinajstić information content (AvgIpc) is 3.42. The lowest BCUT2D eigenvalue weighted by Crippen LogP contribution is -1.89. The molecule has 4 aromatic carbocycles. The van der Waals surface area contributed by atoms with Crippen LogP contribution >= 0.6 is 22.7 Å². The number of rotatable bonds is 3. The molecule has 0 aliphatic carbocycles. The van der Waals surface area contributed by atoms with Crippen molar-refractivity contribution in [1.29, 1.82) is 0 Å². The Morgan fingerprint density at radius 3 is 2.03 bits per heavy atom. The number of benzene rings is 4. The molecule has 3 nitrogen and oxygen atoms in total. The molecule has 30 heavy (non-hydrogen) atoms. The van der Waals surface area contributed by atoms with Crippen LogP contribution in [0.15, 0.2) is 78.9 Å². The van der Waals surface area contributed by atoms with E-state index in [2.05, 4.69) is 54.6 Å². The van der Waals surface area contributed by atoms with Gasteiger partial charge in [0.25, 0.3) is 0 Å². The van der Waals surface area contributed by atoms with E-state index in [9.17, 15) is 0 Å². The van der Waals surface area contributed by atoms with Gasteiger partial charge in [-0.05, 0) is 53.2 Å². The van der Waals surface area contributed by atoms with Crippen molar-refractivity contribution in [2.24, 2.45) is 0 Å². The molecule has 0 amide bonds. The second-order valence-corrected chi connectivity index (χ2v) is 9.15. The van der Waals surface area contributed by atoms with Crippen LogP contribution in [-0.4, -0.2) is 17.1 Å². The summed E-state index contributed by atoms with van der Waals surface area (Å²) in [6.45, 7) is 0. The van der Waals surface area contributed by atoms with Gasteiger partial charge in [-0.1, -0.05) is 36.4 Å². The minimum absolute atomic E-state index is 0.842. The van der Waals surface area contributed by atoms with E-state index in [0.29, 0.717) is 0 Å². The predicted molar refractivity (Wildman–Crippen MR) is 128 cm³/mol. The summed E-state index contributed by atoms with van der Waals surface area (Å²) in [5.74, 6) is 0.842. The molecule has 0 aliphatic heterocycles. The van der Waals surface area contributed by atoms with Crippen molar-refractivity contribution in [2.45, 2.75) is 0 Å². The van der Waals surface area contributed by atoms with Crippen LogP contribution in [0.25, 0.3) is 52.3 Å². The highest BCUT2D eigenvalue weighted by molar-refractivity contribution is 7.22. The van der Waals surface area contributed by atoms with Crippen molar-refractivity contribution >= 4 is 53.9 Å². The van der Waals surface area contributed by atoms with Crippen LogP contribution in [0, 0.1) is 0 Å². The van der Waals surface area contributed by atoms with Crippen molar-refractivity contribution in [3.63, 3.8) is 0 Å². The molecule has 0 fully saturated rings. The molecule has 2 aromatic heterocycles. The number of fused-ring (bicyclic) bond motifs is 3. The first-order valence-corrected chi connectivity index (χ1v) is 11.3. The second-order valence-electron chi connectivity index (χ2n) is 7.09. The SMILES string of the molecule is COc1cc2ccc(-c3nc4ccccc4s3)cc2cc1-c1nc2ccccc2s1. The topological polar surface area (TPSA) is 35.0 Å². The number of hydrogen-bond donors (Lipinski definition) is 0. The number of aromatic nitrogens is 2. The van der Waals surface area contributed by atoms with Crippen LogP contribution in [0.3, 0.4) is 0 Å². The van der Waals surface area contributed by atoms with Gasteiger partial charge in [-0.25, -0.2) is 9.97 Å². The van der Waals surface area contributed by atoms with E-state index < -0.39 is 0 Å². The smallest absolute Gasteiger partial charge is 0.129 e. The third kappa shape index (κ3) is 2.86. The minimum Gasteiger partial charge on any atom is -0.496 e. The van der Waals surface area contributed by atoms with Crippen LogP contribution in [0.2, 0.25) is 0 Å². The van der Waals surface area contributed by atoms with Crippen molar-refractivity contribution in [1.82, 2.24) is 9.97 Å². The van der Waals surface area contributed by atoms with Gasteiger partial charge in [-0.15, -0.1) is 22.7 Å². The van der Waals surface area contributed by atoms with E-state index >= 15 is 0 Å². The molecule has 0 aliphatic rings. The quantitative estimate of drug-likeness (QED) is 0.297. The van der Waals surface area contributed by atoms with Crippen molar-refractivity contribution < 1.29 is 4.74 Å². The van der Waals surface area contributed by atoms with Crippen LogP contribution < -0.4 is 4.74 Å². The molecule has 2 heterocycles. The van der Waals surface area contributed by atoms with Gasteiger partial charge < -0.3 is 4.74 Å². The molecule has 0 N–H and O–H groups in total. The second kappa shape index (κ2) is 6.90. The van der Waals surface area contributed by atoms with Gasteiger partial charge in [0.1, 0.15) is 15.8 Å². The van der Waals surface area contributed by atoms with Gasteiger partial charge in [-0.3, -0.25) is 0 Å². The molecule has 0 saturated carbocycles. The van der Waals surface area contributed by atoms with Crippen molar-refractivity contribution in [3.8, 4) is 26.9 Å². The number of ether oxygens (including phenoxy) is 1. The van der Waals surface area contributed by atoms with E-state index in [1.807, 2.05) is 24.3 Å². The zero-order chi connectivity index (χ0) is 20.1. The van der Waals surface area contributed by atoms with E-state index in [4.69, 9.17) is 14.7 Å². The van der Waals surface area contributed by atoms with Gasteiger partial charge in [0, 0.05) is 5.56 Å². The van der Waals surface area contributed by atoms with E-state index in [-0.39, 0.29) is 0 Å². The number of para-hydroxylation sites is 2. The lowest BCUT2D eigenvalue weighted by atomic mass is 10.0. The van der Waals surface area contributed by atoms with Gasteiger partial charge in [0.15, 0.2) is 0 Å². The molecular weight excluding hydrogens is 408 g/mol. The van der Waals surface area contributed by atoms with Crippen molar-refractivity contribution in [2.75, 3.05) is 7.11 Å². The highest BCUT2D eigenvalue weighted by atomic mass is 32.1. The molecule has 5 heteroatoms. The molecular formula is C25H16N2OS2. The molecule has 6 aromatic rings. The van der Waals surface area contributed by atoms with E-state index in [1.165, 1.54) is 9.40 Å². The molecule has 144 valence electrons. The Morgan fingerprint density at radius 2 is 1.33 bits per heavy atom. The monoisotopic (exact) mass is 424 g/mol. The summed E-state index contributed by atoms with van der Waals surface area (Å²) in [5, 5.41) is 4.30. The highest BCUT2D eigenvalue weighted by Crippen LogP contribution is 2.39. The van der Waals surface area contributed by atoms with Crippen molar-refractivity contribution in [3.05, 3.63) is 78.9 Å². The molecule has 0 radical (unpaired) electrons. The first-order valence-electron chi connectivity index (χ1n) is 9.62. The number of hydrogen-bond acceptors (Lipinski definition) is 5. The van der Waals surface area contributed by atoms with Crippen LogP contribution in [0.4, 0.5) is 0 Å². The molecule has 0 saturated heterocycles. The molecule has 0 unspecified atom stereocenters. The summed E-state index contributed by atoms with van der Waals surface area (Å²) >= 11 is 3.41. The maximum atomic E-state index is 5.72. The first kappa shape index (κ1) is 17.6. The maximum Gasteiger partial charge on any atom is 0.129 e. The number of nitrogens with zero attached hydrogens (tertiary/aromatic N) is 2. The van der Waals surface area contributed by atoms with Gasteiger partial charge >= 0.3 is 0 Å². The zero-order valence-electron chi connectivity index (χ0n) is 16.1. The Labute approximate surface area is 181 Å². The average molecular weight is 425 g/mol. The normalized spacial score (nSPS) is 11.5.